The van der Waals surface area contributed by atoms with Crippen molar-refractivity contribution < 1.29 is 4.39 Å². The molecular weight excluding hydrogens is 227 g/mol. The molecule has 0 amide bonds. The van der Waals surface area contributed by atoms with Gasteiger partial charge in [0, 0.05) is 26.2 Å². The Labute approximate surface area is 109 Å². The molecular formula is C15H23FN2. The lowest BCUT2D eigenvalue weighted by molar-refractivity contribution is 0.237. The van der Waals surface area contributed by atoms with E-state index in [1.807, 2.05) is 19.1 Å². The van der Waals surface area contributed by atoms with Crippen LogP contribution in [0.4, 0.5) is 4.39 Å². The summed E-state index contributed by atoms with van der Waals surface area (Å²) in [7, 11) is 0. The highest BCUT2D eigenvalue weighted by Crippen LogP contribution is 2.12. The molecule has 0 atom stereocenters. The fourth-order valence-electron chi connectivity index (χ4n) is 2.46. The maximum Gasteiger partial charge on any atom is 0.126 e. The van der Waals surface area contributed by atoms with Gasteiger partial charge < -0.3 is 10.2 Å². The number of halogens is 1. The van der Waals surface area contributed by atoms with Crippen LogP contribution in [0.25, 0.3) is 0 Å². The maximum atomic E-state index is 13.1. The van der Waals surface area contributed by atoms with E-state index in [0.29, 0.717) is 0 Å². The number of benzene rings is 1. The van der Waals surface area contributed by atoms with Crippen molar-refractivity contribution in [3.05, 3.63) is 35.1 Å². The van der Waals surface area contributed by atoms with Gasteiger partial charge in [-0.1, -0.05) is 12.1 Å². The number of hydrogen-bond acceptors (Lipinski definition) is 2. The molecule has 2 nitrogen and oxygen atoms in total. The summed E-state index contributed by atoms with van der Waals surface area (Å²) in [6.45, 7) is 7.63. The van der Waals surface area contributed by atoms with Crippen LogP contribution >= 0.6 is 0 Å². The predicted octanol–water partition coefficient (Wildman–Crippen LogP) is 2.36. The lowest BCUT2D eigenvalue weighted by atomic mass is 10.1. The van der Waals surface area contributed by atoms with Crippen LogP contribution in [-0.4, -0.2) is 37.6 Å². The van der Waals surface area contributed by atoms with Gasteiger partial charge in [0.2, 0.25) is 0 Å². The van der Waals surface area contributed by atoms with E-state index in [-0.39, 0.29) is 5.82 Å². The minimum atomic E-state index is -0.0976. The van der Waals surface area contributed by atoms with Crippen LogP contribution in [0.3, 0.4) is 0 Å². The molecule has 1 heterocycles. The highest BCUT2D eigenvalue weighted by Gasteiger charge is 2.08. The van der Waals surface area contributed by atoms with Gasteiger partial charge in [0.05, 0.1) is 0 Å². The van der Waals surface area contributed by atoms with Crippen LogP contribution in [-0.2, 0) is 6.42 Å². The third-order valence-electron chi connectivity index (χ3n) is 3.62. The number of nitrogens with zero attached hydrogens (tertiary/aromatic N) is 1. The molecule has 1 aliphatic heterocycles. The molecule has 3 heteroatoms. The second-order valence-corrected chi connectivity index (χ2v) is 5.13. The van der Waals surface area contributed by atoms with Crippen LogP contribution in [0.1, 0.15) is 24.0 Å². The van der Waals surface area contributed by atoms with Gasteiger partial charge in [-0.25, -0.2) is 4.39 Å². The first-order valence-corrected chi connectivity index (χ1v) is 6.94. The number of rotatable bonds is 5. The molecule has 0 bridgehead atoms. The van der Waals surface area contributed by atoms with Crippen molar-refractivity contribution in [1.82, 2.24) is 10.2 Å². The van der Waals surface area contributed by atoms with Crippen molar-refractivity contribution in [2.75, 3.05) is 32.7 Å². The Bertz CT molecular complexity index is 373. The van der Waals surface area contributed by atoms with E-state index in [4.69, 9.17) is 0 Å². The van der Waals surface area contributed by atoms with E-state index in [1.165, 1.54) is 38.0 Å². The Morgan fingerprint density at radius 1 is 1.22 bits per heavy atom. The minimum Gasteiger partial charge on any atom is -0.314 e. The van der Waals surface area contributed by atoms with Gasteiger partial charge in [-0.3, -0.25) is 0 Å². The Morgan fingerprint density at radius 3 is 2.72 bits per heavy atom. The molecule has 1 saturated heterocycles. The van der Waals surface area contributed by atoms with Crippen molar-refractivity contribution >= 4 is 0 Å². The zero-order chi connectivity index (χ0) is 12.8. The number of hydrogen-bond donors (Lipinski definition) is 1. The molecule has 1 aromatic rings. The summed E-state index contributed by atoms with van der Waals surface area (Å²) in [5.74, 6) is -0.0976. The van der Waals surface area contributed by atoms with Crippen LogP contribution in [0.15, 0.2) is 18.2 Å². The van der Waals surface area contributed by atoms with Gasteiger partial charge >= 0.3 is 0 Å². The molecule has 18 heavy (non-hydrogen) atoms. The molecule has 0 spiro atoms. The lowest BCUT2D eigenvalue weighted by Crippen LogP contribution is -2.43. The standard InChI is InChI=1S/C15H23FN2/c1-13-12-14(5-6-15(13)16)4-2-3-9-18-10-7-17-8-11-18/h5-6,12,17H,2-4,7-11H2,1H3. The van der Waals surface area contributed by atoms with E-state index in [1.54, 1.807) is 6.07 Å². The van der Waals surface area contributed by atoms with E-state index < -0.39 is 0 Å². The van der Waals surface area contributed by atoms with Crippen LogP contribution < -0.4 is 5.32 Å². The van der Waals surface area contributed by atoms with Gasteiger partial charge in [0.1, 0.15) is 5.82 Å². The number of unbranched alkanes of at least 4 members (excludes halogenated alkanes) is 1. The fourth-order valence-corrected chi connectivity index (χ4v) is 2.46. The quantitative estimate of drug-likeness (QED) is 0.807. The topological polar surface area (TPSA) is 15.3 Å². The predicted molar refractivity (Wildman–Crippen MR) is 73.4 cm³/mol. The summed E-state index contributed by atoms with van der Waals surface area (Å²) in [5.41, 5.74) is 2.02. The van der Waals surface area contributed by atoms with Gasteiger partial charge in [-0.15, -0.1) is 0 Å². The number of piperazine rings is 1. The third-order valence-corrected chi connectivity index (χ3v) is 3.62. The molecule has 0 saturated carbocycles. The largest absolute Gasteiger partial charge is 0.314 e. The van der Waals surface area contributed by atoms with E-state index in [2.05, 4.69) is 10.2 Å². The Kier molecular flexibility index (Phi) is 5.14. The monoisotopic (exact) mass is 250 g/mol. The number of aryl methyl sites for hydroxylation is 2. The molecule has 0 radical (unpaired) electrons. The number of nitrogens with one attached hydrogen (secondary N) is 1. The van der Waals surface area contributed by atoms with Crippen LogP contribution in [0.2, 0.25) is 0 Å². The van der Waals surface area contributed by atoms with Crippen molar-refractivity contribution in [3.63, 3.8) is 0 Å². The highest BCUT2D eigenvalue weighted by molar-refractivity contribution is 5.23. The zero-order valence-electron chi connectivity index (χ0n) is 11.2. The Hall–Kier alpha value is -0.930. The third kappa shape index (κ3) is 4.07. The molecule has 2 rings (SSSR count). The summed E-state index contributed by atoms with van der Waals surface area (Å²) in [6.07, 6.45) is 3.48. The molecule has 0 unspecified atom stereocenters. The van der Waals surface area contributed by atoms with Crippen LogP contribution in [0.5, 0.6) is 0 Å². The summed E-state index contributed by atoms with van der Waals surface area (Å²) in [6, 6.07) is 5.47. The van der Waals surface area contributed by atoms with E-state index in [9.17, 15) is 4.39 Å². The van der Waals surface area contributed by atoms with Gasteiger partial charge in [0.25, 0.3) is 0 Å². The van der Waals surface area contributed by atoms with Crippen molar-refractivity contribution in [3.8, 4) is 0 Å². The normalized spacial score (nSPS) is 17.0. The van der Waals surface area contributed by atoms with Crippen LogP contribution in [0, 0.1) is 12.7 Å². The van der Waals surface area contributed by atoms with Crippen molar-refractivity contribution in [2.45, 2.75) is 26.2 Å². The molecule has 1 fully saturated rings. The summed E-state index contributed by atoms with van der Waals surface area (Å²) in [4.78, 5) is 2.52. The average molecular weight is 250 g/mol. The highest BCUT2D eigenvalue weighted by atomic mass is 19.1. The maximum absolute atomic E-state index is 13.1. The van der Waals surface area contributed by atoms with Crippen molar-refractivity contribution in [1.29, 1.82) is 0 Å². The Morgan fingerprint density at radius 2 is 2.00 bits per heavy atom. The first-order valence-electron chi connectivity index (χ1n) is 6.94. The Balaban J connectivity index is 1.66. The van der Waals surface area contributed by atoms with Gasteiger partial charge in [0.15, 0.2) is 0 Å². The average Bonchev–Trinajstić information content (AvgIpc) is 2.40. The molecule has 100 valence electrons. The second kappa shape index (κ2) is 6.86. The molecule has 1 aromatic carbocycles. The van der Waals surface area contributed by atoms with Gasteiger partial charge in [-0.05, 0) is 49.9 Å². The summed E-state index contributed by atoms with van der Waals surface area (Å²) < 4.78 is 13.1. The van der Waals surface area contributed by atoms with Crippen molar-refractivity contribution in [2.24, 2.45) is 0 Å². The molecule has 1 N–H and O–H groups in total. The summed E-state index contributed by atoms with van der Waals surface area (Å²) >= 11 is 0. The molecule has 0 aromatic heterocycles. The lowest BCUT2D eigenvalue weighted by Gasteiger charge is -2.27. The summed E-state index contributed by atoms with van der Waals surface area (Å²) in [5, 5.41) is 3.37. The SMILES string of the molecule is Cc1cc(CCCCN2CCNCC2)ccc1F. The van der Waals surface area contributed by atoms with E-state index >= 15 is 0 Å². The van der Waals surface area contributed by atoms with E-state index in [0.717, 1.165) is 25.1 Å². The second-order valence-electron chi connectivity index (χ2n) is 5.13. The fraction of sp³-hybridized carbons (Fsp3) is 0.600. The molecule has 0 aliphatic carbocycles. The zero-order valence-corrected chi connectivity index (χ0v) is 11.2. The smallest absolute Gasteiger partial charge is 0.126 e. The molecule has 1 aliphatic rings. The first kappa shape index (κ1) is 13.5. The first-order chi connectivity index (χ1) is 8.75. The van der Waals surface area contributed by atoms with Gasteiger partial charge in [-0.2, -0.15) is 0 Å². The minimum absolute atomic E-state index is 0.0976.